The molecule has 0 bridgehead atoms. The van der Waals surface area contributed by atoms with Crippen LogP contribution in [0.15, 0.2) is 30.3 Å². The van der Waals surface area contributed by atoms with Gasteiger partial charge >= 0.3 is 12.0 Å². The van der Waals surface area contributed by atoms with Crippen LogP contribution < -0.4 is 10.6 Å². The van der Waals surface area contributed by atoms with Crippen LogP contribution in [-0.2, 0) is 4.79 Å². The Hall–Kier alpha value is -2.04. The maximum absolute atomic E-state index is 11.7. The molecule has 0 aliphatic heterocycles. The molecule has 1 aromatic rings. The zero-order valence-electron chi connectivity index (χ0n) is 11.4. The third kappa shape index (κ3) is 5.42. The summed E-state index contributed by atoms with van der Waals surface area (Å²) in [7, 11) is 0. The molecule has 0 saturated carbocycles. The van der Waals surface area contributed by atoms with Gasteiger partial charge in [0.25, 0.3) is 0 Å². The number of urea groups is 1. The van der Waals surface area contributed by atoms with Crippen LogP contribution in [0.25, 0.3) is 0 Å². The summed E-state index contributed by atoms with van der Waals surface area (Å²) in [6, 6.07) is 7.08. The molecule has 0 aromatic heterocycles. The highest BCUT2D eigenvalue weighted by atomic mass is 16.4. The third-order valence-electron chi connectivity index (χ3n) is 2.43. The quantitative estimate of drug-likeness (QED) is 0.779. The molecule has 2 amide bonds. The van der Waals surface area contributed by atoms with E-state index in [1.165, 1.54) is 0 Å². The first kappa shape index (κ1) is 15.0. The van der Waals surface area contributed by atoms with Gasteiger partial charge in [-0.15, -0.1) is 0 Å². The largest absolute Gasteiger partial charge is 0.479 e. The molecule has 19 heavy (non-hydrogen) atoms. The van der Waals surface area contributed by atoms with Crippen molar-refractivity contribution in [3.05, 3.63) is 35.9 Å². The van der Waals surface area contributed by atoms with E-state index in [1.807, 2.05) is 20.8 Å². The average Bonchev–Trinajstić information content (AvgIpc) is 2.33. The summed E-state index contributed by atoms with van der Waals surface area (Å²) in [6.45, 7) is 6.43. The highest BCUT2D eigenvalue weighted by Crippen LogP contribution is 2.13. The lowest BCUT2D eigenvalue weighted by molar-refractivity contribution is -0.139. The fourth-order valence-electron chi connectivity index (χ4n) is 1.46. The van der Waals surface area contributed by atoms with E-state index in [-0.39, 0.29) is 5.41 Å². The summed E-state index contributed by atoms with van der Waals surface area (Å²) in [5.74, 6) is -1.09. The number of aliphatic carboxylic acids is 1. The van der Waals surface area contributed by atoms with Gasteiger partial charge in [-0.25, -0.2) is 9.59 Å². The van der Waals surface area contributed by atoms with Crippen LogP contribution in [0.2, 0.25) is 0 Å². The van der Waals surface area contributed by atoms with E-state index in [0.717, 1.165) is 0 Å². The normalized spacial score (nSPS) is 12.6. The molecule has 3 N–H and O–H groups in total. The molecule has 0 unspecified atom stereocenters. The number of hydrogen-bond acceptors (Lipinski definition) is 2. The fourth-order valence-corrected chi connectivity index (χ4v) is 1.46. The molecule has 104 valence electrons. The zero-order chi connectivity index (χ0) is 14.5. The number of hydrogen-bond donors (Lipinski definition) is 3. The van der Waals surface area contributed by atoms with Gasteiger partial charge in [0.2, 0.25) is 0 Å². The van der Waals surface area contributed by atoms with Crippen molar-refractivity contribution in [2.24, 2.45) is 5.41 Å². The van der Waals surface area contributed by atoms with Crippen molar-refractivity contribution in [3.63, 3.8) is 0 Å². The predicted molar refractivity (Wildman–Crippen MR) is 72.8 cm³/mol. The lowest BCUT2D eigenvalue weighted by Gasteiger charge is -2.20. The molecule has 5 heteroatoms. The summed E-state index contributed by atoms with van der Waals surface area (Å²) in [5, 5.41) is 14.3. The molecule has 0 radical (unpaired) electrons. The first-order valence-corrected chi connectivity index (χ1v) is 6.12. The van der Waals surface area contributed by atoms with Crippen LogP contribution in [0.5, 0.6) is 0 Å². The van der Waals surface area contributed by atoms with E-state index in [4.69, 9.17) is 5.11 Å². The summed E-state index contributed by atoms with van der Waals surface area (Å²) in [6.07, 6.45) is 0. The SMILES string of the molecule is CC(C)(C)CNC(=O)N[C@@H](C(=O)O)c1ccccc1. The Bertz CT molecular complexity index is 438. The number of nitrogens with one attached hydrogen (secondary N) is 2. The van der Waals surface area contributed by atoms with E-state index in [1.54, 1.807) is 30.3 Å². The number of carboxylic acid groups (broad SMARTS) is 1. The van der Waals surface area contributed by atoms with Crippen molar-refractivity contribution in [2.45, 2.75) is 26.8 Å². The standard InChI is InChI=1S/C14H20N2O3/c1-14(2,3)9-15-13(19)16-11(12(17)18)10-7-5-4-6-8-10/h4-8,11H,9H2,1-3H3,(H,17,18)(H2,15,16,19)/t11-/m1/s1. The maximum atomic E-state index is 11.7. The second kappa shape index (κ2) is 6.22. The maximum Gasteiger partial charge on any atom is 0.330 e. The van der Waals surface area contributed by atoms with Crippen LogP contribution in [-0.4, -0.2) is 23.7 Å². The average molecular weight is 264 g/mol. The highest BCUT2D eigenvalue weighted by molar-refractivity contribution is 5.83. The molecule has 1 aromatic carbocycles. The van der Waals surface area contributed by atoms with Crippen LogP contribution in [0.3, 0.4) is 0 Å². The van der Waals surface area contributed by atoms with Crippen molar-refractivity contribution in [1.29, 1.82) is 0 Å². The van der Waals surface area contributed by atoms with Gasteiger partial charge in [0.15, 0.2) is 6.04 Å². The highest BCUT2D eigenvalue weighted by Gasteiger charge is 2.22. The Kier molecular flexibility index (Phi) is 4.92. The number of benzene rings is 1. The first-order valence-electron chi connectivity index (χ1n) is 6.12. The van der Waals surface area contributed by atoms with Crippen LogP contribution >= 0.6 is 0 Å². The van der Waals surface area contributed by atoms with Gasteiger partial charge in [-0.3, -0.25) is 0 Å². The Labute approximate surface area is 113 Å². The number of carboxylic acids is 1. The Morgan fingerprint density at radius 2 is 1.79 bits per heavy atom. The van der Waals surface area contributed by atoms with Gasteiger partial charge in [0, 0.05) is 6.54 Å². The second-order valence-electron chi connectivity index (χ2n) is 5.57. The van der Waals surface area contributed by atoms with Crippen LogP contribution in [0.4, 0.5) is 4.79 Å². The van der Waals surface area contributed by atoms with Gasteiger partial charge in [-0.05, 0) is 11.0 Å². The van der Waals surface area contributed by atoms with E-state index >= 15 is 0 Å². The van der Waals surface area contributed by atoms with Crippen molar-refractivity contribution in [1.82, 2.24) is 10.6 Å². The molecule has 1 rings (SSSR count). The van der Waals surface area contributed by atoms with Gasteiger partial charge in [0.1, 0.15) is 0 Å². The fraction of sp³-hybridized carbons (Fsp3) is 0.429. The summed E-state index contributed by atoms with van der Waals surface area (Å²) in [5.41, 5.74) is 0.490. The van der Waals surface area contributed by atoms with Crippen molar-refractivity contribution in [2.75, 3.05) is 6.54 Å². The number of rotatable bonds is 4. The summed E-state index contributed by atoms with van der Waals surface area (Å²) < 4.78 is 0. The van der Waals surface area contributed by atoms with Crippen molar-refractivity contribution in [3.8, 4) is 0 Å². The first-order chi connectivity index (χ1) is 8.79. The molecule has 1 atom stereocenters. The molecule has 0 fully saturated rings. The topological polar surface area (TPSA) is 78.4 Å². The smallest absolute Gasteiger partial charge is 0.330 e. The van der Waals surface area contributed by atoms with Gasteiger partial charge in [-0.2, -0.15) is 0 Å². The number of carbonyl (C=O) groups is 2. The molecule has 0 aliphatic carbocycles. The molecule has 0 saturated heterocycles. The Morgan fingerprint density at radius 1 is 1.21 bits per heavy atom. The van der Waals surface area contributed by atoms with Gasteiger partial charge in [0.05, 0.1) is 0 Å². The van der Waals surface area contributed by atoms with Gasteiger partial charge < -0.3 is 15.7 Å². The summed E-state index contributed by atoms with van der Waals surface area (Å²) >= 11 is 0. The van der Waals surface area contributed by atoms with Crippen molar-refractivity contribution >= 4 is 12.0 Å². The zero-order valence-corrected chi connectivity index (χ0v) is 11.4. The van der Waals surface area contributed by atoms with Crippen molar-refractivity contribution < 1.29 is 14.7 Å². The van der Waals surface area contributed by atoms with E-state index in [0.29, 0.717) is 12.1 Å². The minimum Gasteiger partial charge on any atom is -0.479 e. The van der Waals surface area contributed by atoms with Crippen LogP contribution in [0, 0.1) is 5.41 Å². The molecule has 0 spiro atoms. The summed E-state index contributed by atoms with van der Waals surface area (Å²) in [4.78, 5) is 22.9. The Morgan fingerprint density at radius 3 is 2.26 bits per heavy atom. The molecular formula is C14H20N2O3. The van der Waals surface area contributed by atoms with E-state index in [2.05, 4.69) is 10.6 Å². The monoisotopic (exact) mass is 264 g/mol. The Balaban J connectivity index is 2.65. The number of amides is 2. The third-order valence-corrected chi connectivity index (χ3v) is 2.43. The predicted octanol–water partition coefficient (Wildman–Crippen LogP) is 2.16. The second-order valence-corrected chi connectivity index (χ2v) is 5.57. The van der Waals surface area contributed by atoms with E-state index < -0.39 is 18.0 Å². The molecule has 0 aliphatic rings. The van der Waals surface area contributed by atoms with Gasteiger partial charge in [-0.1, -0.05) is 51.1 Å². The van der Waals surface area contributed by atoms with Crippen LogP contribution in [0.1, 0.15) is 32.4 Å². The molecular weight excluding hydrogens is 244 g/mol. The number of carbonyl (C=O) groups excluding carboxylic acids is 1. The minimum atomic E-state index is -1.09. The van der Waals surface area contributed by atoms with E-state index in [9.17, 15) is 9.59 Å². The minimum absolute atomic E-state index is 0.0528. The molecule has 0 heterocycles. The lowest BCUT2D eigenvalue weighted by atomic mass is 9.97. The lowest BCUT2D eigenvalue weighted by Crippen LogP contribution is -2.43. The molecule has 5 nitrogen and oxygen atoms in total.